The number of rotatable bonds is 5. The molecule has 1 amide bonds. The van der Waals surface area contributed by atoms with Crippen LogP contribution in [0.3, 0.4) is 0 Å². The number of pyridine rings is 1. The molecule has 0 aromatic carbocycles. The van der Waals surface area contributed by atoms with Gasteiger partial charge in [-0.25, -0.2) is 9.97 Å². The first-order chi connectivity index (χ1) is 12.1. The topological polar surface area (TPSA) is 90.4 Å². The number of aryl methyl sites for hydroxylation is 1. The van der Waals surface area contributed by atoms with E-state index in [4.69, 9.17) is 0 Å². The van der Waals surface area contributed by atoms with Gasteiger partial charge in [0.25, 0.3) is 5.91 Å². The molecule has 2 aromatic rings. The number of aliphatic hydroxyl groups excluding tert-OH is 1. The van der Waals surface area contributed by atoms with Gasteiger partial charge < -0.3 is 15.7 Å². The minimum atomic E-state index is -0.605. The molecule has 3 rings (SSSR count). The maximum absolute atomic E-state index is 12.5. The van der Waals surface area contributed by atoms with Crippen LogP contribution in [0.1, 0.15) is 27.5 Å². The summed E-state index contributed by atoms with van der Waals surface area (Å²) in [7, 11) is 1.73. The first-order valence-electron chi connectivity index (χ1n) is 8.32. The fourth-order valence-electron chi connectivity index (χ4n) is 3.05. The van der Waals surface area contributed by atoms with Crippen LogP contribution < -0.4 is 10.6 Å². The van der Waals surface area contributed by atoms with Crippen molar-refractivity contribution in [3.63, 3.8) is 0 Å². The normalized spacial score (nSPS) is 21.1. The monoisotopic (exact) mass is 361 g/mol. The van der Waals surface area contributed by atoms with Crippen molar-refractivity contribution in [1.29, 1.82) is 0 Å². The number of carbonyl (C=O) groups excluding carboxylic acids is 1. The summed E-state index contributed by atoms with van der Waals surface area (Å²) in [4.78, 5) is 23.3. The van der Waals surface area contributed by atoms with Crippen molar-refractivity contribution in [1.82, 2.24) is 20.2 Å². The largest absolute Gasteiger partial charge is 0.390 e. The SMILES string of the molecule is CNc1ncccc1C(=O)N[C@@H]1CCN(Cc2csc(C)n2)C[C@H]1O. The maximum Gasteiger partial charge on any atom is 0.255 e. The maximum atomic E-state index is 12.5. The number of nitrogens with one attached hydrogen (secondary N) is 2. The molecule has 0 radical (unpaired) electrons. The zero-order chi connectivity index (χ0) is 17.8. The lowest BCUT2D eigenvalue weighted by molar-refractivity contribution is 0.0346. The molecule has 0 unspecified atom stereocenters. The summed E-state index contributed by atoms with van der Waals surface area (Å²) in [5.74, 6) is 0.316. The van der Waals surface area contributed by atoms with Crippen LogP contribution in [0.25, 0.3) is 0 Å². The number of carbonyl (C=O) groups is 1. The van der Waals surface area contributed by atoms with Gasteiger partial charge >= 0.3 is 0 Å². The Labute approximate surface area is 151 Å². The van der Waals surface area contributed by atoms with E-state index in [9.17, 15) is 9.90 Å². The number of amides is 1. The van der Waals surface area contributed by atoms with Crippen LogP contribution >= 0.6 is 11.3 Å². The highest BCUT2D eigenvalue weighted by atomic mass is 32.1. The predicted molar refractivity (Wildman–Crippen MR) is 97.8 cm³/mol. The molecule has 0 saturated carbocycles. The average Bonchev–Trinajstić information content (AvgIpc) is 3.02. The van der Waals surface area contributed by atoms with Gasteiger partial charge in [0, 0.05) is 38.3 Å². The second-order valence-electron chi connectivity index (χ2n) is 6.18. The molecule has 2 aromatic heterocycles. The minimum absolute atomic E-state index is 0.218. The zero-order valence-electron chi connectivity index (χ0n) is 14.4. The molecule has 134 valence electrons. The highest BCUT2D eigenvalue weighted by Gasteiger charge is 2.29. The van der Waals surface area contributed by atoms with Crippen molar-refractivity contribution in [3.05, 3.63) is 40.0 Å². The van der Waals surface area contributed by atoms with E-state index in [1.54, 1.807) is 36.7 Å². The molecular weight excluding hydrogens is 338 g/mol. The van der Waals surface area contributed by atoms with Gasteiger partial charge in [-0.05, 0) is 25.5 Å². The fraction of sp³-hybridized carbons (Fsp3) is 0.471. The summed E-state index contributed by atoms with van der Waals surface area (Å²) in [6.45, 7) is 4.05. The summed E-state index contributed by atoms with van der Waals surface area (Å²) in [6.07, 6.45) is 1.73. The third kappa shape index (κ3) is 4.33. The lowest BCUT2D eigenvalue weighted by Crippen LogP contribution is -2.53. The molecule has 7 nitrogen and oxygen atoms in total. The van der Waals surface area contributed by atoms with Crippen molar-refractivity contribution in [3.8, 4) is 0 Å². The van der Waals surface area contributed by atoms with Gasteiger partial charge in [-0.3, -0.25) is 9.69 Å². The van der Waals surface area contributed by atoms with Crippen LogP contribution in [0.2, 0.25) is 0 Å². The van der Waals surface area contributed by atoms with Crippen LogP contribution in [0.4, 0.5) is 5.82 Å². The third-order valence-corrected chi connectivity index (χ3v) is 5.15. The van der Waals surface area contributed by atoms with E-state index < -0.39 is 6.10 Å². The third-order valence-electron chi connectivity index (χ3n) is 4.32. The van der Waals surface area contributed by atoms with Crippen molar-refractivity contribution in [2.75, 3.05) is 25.5 Å². The second kappa shape index (κ2) is 7.90. The van der Waals surface area contributed by atoms with E-state index in [1.165, 1.54) is 0 Å². The summed E-state index contributed by atoms with van der Waals surface area (Å²) in [5, 5.41) is 19.4. The van der Waals surface area contributed by atoms with Crippen molar-refractivity contribution >= 4 is 23.1 Å². The first kappa shape index (κ1) is 17.8. The number of piperidine rings is 1. The first-order valence-corrected chi connectivity index (χ1v) is 9.20. The van der Waals surface area contributed by atoms with Gasteiger partial charge in [-0.1, -0.05) is 0 Å². The van der Waals surface area contributed by atoms with E-state index >= 15 is 0 Å². The second-order valence-corrected chi connectivity index (χ2v) is 7.24. The number of hydrogen-bond donors (Lipinski definition) is 3. The molecule has 25 heavy (non-hydrogen) atoms. The van der Waals surface area contributed by atoms with Gasteiger partial charge in [0.1, 0.15) is 5.82 Å². The fourth-order valence-corrected chi connectivity index (χ4v) is 3.66. The van der Waals surface area contributed by atoms with E-state index in [1.807, 2.05) is 6.92 Å². The molecule has 1 aliphatic heterocycles. The number of β-amino-alcohol motifs (C(OH)–C–C–N with tert-alkyl or cyclic N) is 1. The quantitative estimate of drug-likeness (QED) is 0.743. The smallest absolute Gasteiger partial charge is 0.255 e. The molecule has 0 spiro atoms. The Balaban J connectivity index is 1.57. The van der Waals surface area contributed by atoms with Crippen molar-refractivity contribution in [2.24, 2.45) is 0 Å². The Bertz CT molecular complexity index is 735. The number of anilines is 1. The van der Waals surface area contributed by atoms with Gasteiger partial charge in [0.15, 0.2) is 0 Å². The summed E-state index contributed by atoms with van der Waals surface area (Å²) >= 11 is 1.63. The van der Waals surface area contributed by atoms with Gasteiger partial charge in [0.05, 0.1) is 28.4 Å². The molecule has 0 bridgehead atoms. The Morgan fingerprint density at radius 3 is 3.04 bits per heavy atom. The Morgan fingerprint density at radius 2 is 2.36 bits per heavy atom. The van der Waals surface area contributed by atoms with Crippen LogP contribution in [-0.4, -0.2) is 58.2 Å². The van der Waals surface area contributed by atoms with E-state index in [0.717, 1.165) is 23.8 Å². The number of aromatic nitrogens is 2. The van der Waals surface area contributed by atoms with Crippen LogP contribution in [0.15, 0.2) is 23.7 Å². The molecule has 8 heteroatoms. The minimum Gasteiger partial charge on any atom is -0.390 e. The molecule has 0 aliphatic carbocycles. The molecule has 1 aliphatic rings. The van der Waals surface area contributed by atoms with Crippen LogP contribution in [0.5, 0.6) is 0 Å². The summed E-state index contributed by atoms with van der Waals surface area (Å²) < 4.78 is 0. The molecular formula is C17H23N5O2S. The van der Waals surface area contributed by atoms with Gasteiger partial charge in [0.2, 0.25) is 0 Å². The molecule has 1 fully saturated rings. The van der Waals surface area contributed by atoms with Gasteiger partial charge in [-0.15, -0.1) is 11.3 Å². The Hall–Kier alpha value is -2.03. The summed E-state index contributed by atoms with van der Waals surface area (Å²) in [6, 6.07) is 3.19. The lowest BCUT2D eigenvalue weighted by atomic mass is 10.0. The number of hydrogen-bond acceptors (Lipinski definition) is 7. The van der Waals surface area contributed by atoms with Crippen LogP contribution in [0, 0.1) is 6.92 Å². The standard InChI is InChI=1S/C17H23N5O2S/c1-11-20-12(10-25-11)8-22-7-5-14(15(23)9-22)21-17(24)13-4-3-6-19-16(13)18-2/h3-4,6,10,14-15,23H,5,7-9H2,1-2H3,(H,18,19)(H,21,24)/t14-,15-/m1/s1. The number of thiazole rings is 1. The van der Waals surface area contributed by atoms with E-state index in [2.05, 4.69) is 30.9 Å². The molecule has 3 N–H and O–H groups in total. The lowest BCUT2D eigenvalue weighted by Gasteiger charge is -2.36. The predicted octanol–water partition coefficient (Wildman–Crippen LogP) is 1.25. The molecule has 3 heterocycles. The average molecular weight is 361 g/mol. The van der Waals surface area contributed by atoms with Gasteiger partial charge in [-0.2, -0.15) is 0 Å². The van der Waals surface area contributed by atoms with E-state index in [0.29, 0.717) is 24.3 Å². The van der Waals surface area contributed by atoms with Crippen molar-refractivity contribution < 1.29 is 9.90 Å². The highest BCUT2D eigenvalue weighted by Crippen LogP contribution is 2.17. The Kier molecular flexibility index (Phi) is 5.62. The van der Waals surface area contributed by atoms with E-state index in [-0.39, 0.29) is 11.9 Å². The molecule has 2 atom stereocenters. The zero-order valence-corrected chi connectivity index (χ0v) is 15.2. The number of likely N-dealkylation sites (tertiary alicyclic amines) is 1. The summed E-state index contributed by atoms with van der Waals surface area (Å²) in [5.41, 5.74) is 1.52. The highest BCUT2D eigenvalue weighted by molar-refractivity contribution is 7.09. The number of aliphatic hydroxyl groups is 1. The van der Waals surface area contributed by atoms with Crippen molar-refractivity contribution in [2.45, 2.75) is 32.0 Å². The van der Waals surface area contributed by atoms with Crippen LogP contribution in [-0.2, 0) is 6.54 Å². The molecule has 1 saturated heterocycles. The Morgan fingerprint density at radius 1 is 1.52 bits per heavy atom. The number of nitrogens with zero attached hydrogens (tertiary/aromatic N) is 3.